The third-order valence-electron chi connectivity index (χ3n) is 9.23. The Balaban J connectivity index is 1.96. The second-order valence-corrected chi connectivity index (χ2v) is 20.5. The average molecular weight is 535 g/mol. The Kier molecular flexibility index (Phi) is 7.32. The van der Waals surface area contributed by atoms with Gasteiger partial charge in [0.1, 0.15) is 27.3 Å². The van der Waals surface area contributed by atoms with Crippen LogP contribution in [-0.2, 0) is 0 Å². The van der Waals surface area contributed by atoms with Gasteiger partial charge in [0.05, 0.1) is 12.5 Å². The second kappa shape index (κ2) is 10.5. The molecular weight excluding hydrogens is 497 g/mol. The van der Waals surface area contributed by atoms with E-state index in [1.54, 1.807) is 12.5 Å². The van der Waals surface area contributed by atoms with Gasteiger partial charge < -0.3 is 8.83 Å². The molecule has 2 heterocycles. The third-order valence-corrected chi connectivity index (χ3v) is 18.7. The van der Waals surface area contributed by atoms with Gasteiger partial charge in [-0.05, 0) is 72.7 Å². The van der Waals surface area contributed by atoms with Gasteiger partial charge in [-0.3, -0.25) is 0 Å². The van der Waals surface area contributed by atoms with Gasteiger partial charge in [0.15, 0.2) is 0 Å². The van der Waals surface area contributed by atoms with Crippen molar-refractivity contribution in [3.63, 3.8) is 0 Å². The van der Waals surface area contributed by atoms with Gasteiger partial charge in [-0.2, -0.15) is 0 Å². The molecule has 5 rings (SSSR count). The van der Waals surface area contributed by atoms with E-state index in [4.69, 9.17) is 8.83 Å². The zero-order chi connectivity index (χ0) is 26.9. The highest BCUT2D eigenvalue weighted by Crippen LogP contribution is 2.38. The van der Waals surface area contributed by atoms with E-state index in [-0.39, 0.29) is 0 Å². The SMILES string of the molecule is CC[Si](C#Cc1c2cc3ccoc3cc2c(C#C[Si](CC)(CC)CC)c2cc3ccoc3cc12)(CC)CC. The molecule has 4 heteroatoms. The lowest BCUT2D eigenvalue weighted by Gasteiger charge is -2.21. The van der Waals surface area contributed by atoms with E-state index in [1.165, 1.54) is 36.3 Å². The van der Waals surface area contributed by atoms with Crippen molar-refractivity contribution in [2.24, 2.45) is 0 Å². The fraction of sp³-hybridized carbons (Fsp3) is 0.353. The predicted molar refractivity (Wildman–Crippen MR) is 169 cm³/mol. The first-order valence-corrected chi connectivity index (χ1v) is 19.5. The van der Waals surface area contributed by atoms with Crippen molar-refractivity contribution in [2.45, 2.75) is 77.8 Å². The summed E-state index contributed by atoms with van der Waals surface area (Å²) in [4.78, 5) is 0. The Morgan fingerprint density at radius 2 is 0.868 bits per heavy atom. The molecule has 0 aliphatic carbocycles. The number of hydrogen-bond acceptors (Lipinski definition) is 2. The van der Waals surface area contributed by atoms with E-state index in [2.05, 4.69) is 88.7 Å². The zero-order valence-electron chi connectivity index (χ0n) is 23.7. The third kappa shape index (κ3) is 4.41. The number of hydrogen-bond donors (Lipinski definition) is 0. The van der Waals surface area contributed by atoms with Crippen LogP contribution >= 0.6 is 0 Å². The van der Waals surface area contributed by atoms with Crippen LogP contribution in [0.4, 0.5) is 0 Å². The Hall–Kier alpha value is -3.19. The summed E-state index contributed by atoms with van der Waals surface area (Å²) in [5.74, 6) is 7.54. The predicted octanol–water partition coefficient (Wildman–Crippen LogP) is 10.3. The molecule has 0 aliphatic rings. The molecule has 0 N–H and O–H groups in total. The Morgan fingerprint density at radius 1 is 0.526 bits per heavy atom. The standard InChI is InChI=1S/C34H38O2Si2/c1-7-37(8-2,9-3)19-15-27-29-21-25-13-17-36-34(25)24-32(29)28(16-20-38(10-4,11-5)12-6)30-22-26-14-18-35-33(26)23-31(27)30/h13-14,17-18,21-24H,7-12H2,1-6H3. The Labute approximate surface area is 228 Å². The van der Waals surface area contributed by atoms with Crippen LogP contribution in [-0.4, -0.2) is 16.1 Å². The first-order valence-electron chi connectivity index (χ1n) is 14.3. The van der Waals surface area contributed by atoms with Crippen LogP contribution in [0.5, 0.6) is 0 Å². The summed E-state index contributed by atoms with van der Waals surface area (Å²) in [6.45, 7) is 13.9. The summed E-state index contributed by atoms with van der Waals surface area (Å²) >= 11 is 0. The lowest BCUT2D eigenvalue weighted by atomic mass is 9.91. The van der Waals surface area contributed by atoms with Gasteiger partial charge in [0.25, 0.3) is 0 Å². The van der Waals surface area contributed by atoms with Crippen LogP contribution in [0.3, 0.4) is 0 Å². The van der Waals surface area contributed by atoms with Crippen molar-refractivity contribution in [1.29, 1.82) is 0 Å². The van der Waals surface area contributed by atoms with E-state index in [0.29, 0.717) is 0 Å². The summed E-state index contributed by atoms with van der Waals surface area (Å²) in [5, 5.41) is 6.81. The maximum atomic E-state index is 5.88. The van der Waals surface area contributed by atoms with Crippen LogP contribution in [0.25, 0.3) is 43.5 Å². The van der Waals surface area contributed by atoms with E-state index in [1.807, 2.05) is 12.1 Å². The Morgan fingerprint density at radius 3 is 1.21 bits per heavy atom. The van der Waals surface area contributed by atoms with E-state index >= 15 is 0 Å². The molecule has 0 fully saturated rings. The molecule has 0 aliphatic heterocycles. The molecule has 0 radical (unpaired) electrons. The zero-order valence-corrected chi connectivity index (χ0v) is 25.7. The maximum absolute atomic E-state index is 5.88. The monoisotopic (exact) mass is 534 g/mol. The van der Waals surface area contributed by atoms with E-state index in [0.717, 1.165) is 54.6 Å². The second-order valence-electron chi connectivity index (χ2n) is 10.6. The average Bonchev–Trinajstić information content (AvgIpc) is 3.62. The van der Waals surface area contributed by atoms with Crippen molar-refractivity contribution in [1.82, 2.24) is 0 Å². The quantitative estimate of drug-likeness (QED) is 0.123. The smallest absolute Gasteiger partial charge is 0.138 e. The summed E-state index contributed by atoms with van der Waals surface area (Å²) in [6, 6.07) is 20.1. The van der Waals surface area contributed by atoms with Crippen LogP contribution in [0, 0.1) is 22.9 Å². The molecule has 38 heavy (non-hydrogen) atoms. The van der Waals surface area contributed by atoms with Crippen molar-refractivity contribution >= 4 is 59.6 Å². The molecule has 0 bridgehead atoms. The summed E-state index contributed by atoms with van der Waals surface area (Å²) < 4.78 is 11.8. The summed E-state index contributed by atoms with van der Waals surface area (Å²) in [5.41, 5.74) is 11.7. The first-order chi connectivity index (χ1) is 18.5. The molecule has 0 saturated heterocycles. The van der Waals surface area contributed by atoms with Crippen LogP contribution < -0.4 is 0 Å². The fourth-order valence-corrected chi connectivity index (χ4v) is 10.7. The molecule has 2 nitrogen and oxygen atoms in total. The van der Waals surface area contributed by atoms with E-state index < -0.39 is 16.1 Å². The highest BCUT2D eigenvalue weighted by molar-refractivity contribution is 6.87. The fourth-order valence-electron chi connectivity index (χ4n) is 5.83. The summed E-state index contributed by atoms with van der Waals surface area (Å²) in [6.07, 6.45) is 3.55. The van der Waals surface area contributed by atoms with Gasteiger partial charge in [-0.1, -0.05) is 53.4 Å². The Bertz CT molecular complexity index is 1520. The molecule has 0 amide bonds. The van der Waals surface area contributed by atoms with Gasteiger partial charge in [0.2, 0.25) is 0 Å². The molecule has 3 aromatic carbocycles. The number of benzene rings is 3. The highest BCUT2D eigenvalue weighted by Gasteiger charge is 2.26. The molecule has 0 spiro atoms. The molecule has 194 valence electrons. The molecule has 5 aromatic rings. The van der Waals surface area contributed by atoms with Crippen LogP contribution in [0.2, 0.25) is 36.3 Å². The number of fused-ring (bicyclic) bond motifs is 4. The lowest BCUT2D eigenvalue weighted by molar-refractivity contribution is 0.616. The van der Waals surface area contributed by atoms with Crippen molar-refractivity contribution in [2.75, 3.05) is 0 Å². The minimum Gasteiger partial charge on any atom is -0.464 e. The topological polar surface area (TPSA) is 26.3 Å². The van der Waals surface area contributed by atoms with Gasteiger partial charge in [-0.15, -0.1) is 11.1 Å². The molecule has 0 saturated carbocycles. The van der Waals surface area contributed by atoms with Crippen molar-refractivity contribution in [3.05, 3.63) is 60.1 Å². The van der Waals surface area contributed by atoms with E-state index in [9.17, 15) is 0 Å². The largest absolute Gasteiger partial charge is 0.464 e. The number of rotatable bonds is 6. The highest BCUT2D eigenvalue weighted by atomic mass is 28.3. The van der Waals surface area contributed by atoms with Crippen molar-refractivity contribution < 1.29 is 8.83 Å². The van der Waals surface area contributed by atoms with Crippen molar-refractivity contribution in [3.8, 4) is 22.9 Å². The van der Waals surface area contributed by atoms with Crippen LogP contribution in [0.1, 0.15) is 52.7 Å². The first kappa shape index (κ1) is 26.4. The molecule has 2 aromatic heterocycles. The maximum Gasteiger partial charge on any atom is 0.138 e. The van der Waals surface area contributed by atoms with Gasteiger partial charge in [-0.25, -0.2) is 0 Å². The lowest BCUT2D eigenvalue weighted by Crippen LogP contribution is -2.29. The molecule has 0 unspecified atom stereocenters. The minimum atomic E-state index is -1.65. The van der Waals surface area contributed by atoms with Crippen LogP contribution in [0.15, 0.2) is 57.8 Å². The molecule has 0 atom stereocenters. The molecular formula is C34H38O2Si2. The summed E-state index contributed by atoms with van der Waals surface area (Å²) in [7, 11) is -3.30. The minimum absolute atomic E-state index is 0.896. The van der Waals surface area contributed by atoms with Gasteiger partial charge in [0, 0.05) is 43.4 Å². The van der Waals surface area contributed by atoms with Gasteiger partial charge >= 0.3 is 0 Å². The normalized spacial score (nSPS) is 12.2. The number of furan rings is 2.